The predicted octanol–water partition coefficient (Wildman–Crippen LogP) is 2.41. The van der Waals surface area contributed by atoms with E-state index in [1.165, 1.54) is 17.3 Å². The lowest BCUT2D eigenvalue weighted by Gasteiger charge is -2.09. The summed E-state index contributed by atoms with van der Waals surface area (Å²) in [5.41, 5.74) is 2.17. The van der Waals surface area contributed by atoms with E-state index in [0.717, 1.165) is 12.0 Å². The fourth-order valence-corrected chi connectivity index (χ4v) is 2.67. The highest BCUT2D eigenvalue weighted by Crippen LogP contribution is 2.22. The summed E-state index contributed by atoms with van der Waals surface area (Å²) in [4.78, 5) is 16.4. The Hall–Kier alpha value is -1.86. The lowest BCUT2D eigenvalue weighted by Crippen LogP contribution is -2.32. The number of amides is 1. The van der Waals surface area contributed by atoms with Gasteiger partial charge in [-0.1, -0.05) is 41.6 Å². The van der Waals surface area contributed by atoms with Crippen LogP contribution in [0.25, 0.3) is 11.4 Å². The standard InChI is InChI=1S/C16H22N4O2S/c1-11-5-7-13(8-6-11)14-18-16(20-19-14)23-12(2)15(21)17-9-4-10-22-3/h5-8,12H,4,9-10H2,1-3H3,(H,17,21)(H,18,19,20). The molecule has 0 saturated carbocycles. The first-order valence-corrected chi connectivity index (χ1v) is 8.41. The molecule has 0 aliphatic heterocycles. The minimum Gasteiger partial charge on any atom is -0.385 e. The summed E-state index contributed by atoms with van der Waals surface area (Å²) >= 11 is 1.34. The van der Waals surface area contributed by atoms with Crippen molar-refractivity contribution in [1.82, 2.24) is 20.5 Å². The van der Waals surface area contributed by atoms with Gasteiger partial charge in [0.1, 0.15) is 0 Å². The number of thioether (sulfide) groups is 1. The summed E-state index contributed by atoms with van der Waals surface area (Å²) in [5.74, 6) is 0.688. The van der Waals surface area contributed by atoms with E-state index in [0.29, 0.717) is 24.1 Å². The van der Waals surface area contributed by atoms with Crippen molar-refractivity contribution in [2.45, 2.75) is 30.7 Å². The Morgan fingerprint density at radius 3 is 2.83 bits per heavy atom. The van der Waals surface area contributed by atoms with E-state index in [-0.39, 0.29) is 11.2 Å². The van der Waals surface area contributed by atoms with Gasteiger partial charge in [0, 0.05) is 25.8 Å². The molecule has 2 aromatic rings. The lowest BCUT2D eigenvalue weighted by molar-refractivity contribution is -0.120. The van der Waals surface area contributed by atoms with Crippen molar-refractivity contribution in [3.8, 4) is 11.4 Å². The maximum atomic E-state index is 12.0. The van der Waals surface area contributed by atoms with Crippen LogP contribution in [0.2, 0.25) is 0 Å². The third-order valence-electron chi connectivity index (χ3n) is 3.27. The average Bonchev–Trinajstić information content (AvgIpc) is 3.00. The molecule has 0 aliphatic carbocycles. The molecule has 1 amide bonds. The third kappa shape index (κ3) is 5.37. The Labute approximate surface area is 140 Å². The fourth-order valence-electron chi connectivity index (χ4n) is 1.92. The first-order valence-electron chi connectivity index (χ1n) is 7.53. The average molecular weight is 334 g/mol. The normalized spacial score (nSPS) is 12.1. The second-order valence-corrected chi connectivity index (χ2v) is 6.54. The number of nitrogens with zero attached hydrogens (tertiary/aromatic N) is 2. The maximum Gasteiger partial charge on any atom is 0.233 e. The lowest BCUT2D eigenvalue weighted by atomic mass is 10.1. The van der Waals surface area contributed by atoms with Gasteiger partial charge in [-0.15, -0.1) is 5.10 Å². The summed E-state index contributed by atoms with van der Waals surface area (Å²) in [6, 6.07) is 8.05. The monoisotopic (exact) mass is 334 g/mol. The number of rotatable bonds is 8. The SMILES string of the molecule is COCCCNC(=O)C(C)Sc1n[nH]c(-c2ccc(C)cc2)n1. The van der Waals surface area contributed by atoms with Crippen molar-refractivity contribution in [1.29, 1.82) is 0 Å². The summed E-state index contributed by atoms with van der Waals surface area (Å²) in [6.45, 7) is 5.14. The number of aromatic nitrogens is 3. The Morgan fingerprint density at radius 2 is 2.13 bits per heavy atom. The fraction of sp³-hybridized carbons (Fsp3) is 0.438. The molecule has 2 N–H and O–H groups in total. The number of benzene rings is 1. The predicted molar refractivity (Wildman–Crippen MR) is 91.4 cm³/mol. The van der Waals surface area contributed by atoms with Crippen LogP contribution in [0.15, 0.2) is 29.4 Å². The number of aryl methyl sites for hydroxylation is 1. The maximum absolute atomic E-state index is 12.0. The zero-order valence-corrected chi connectivity index (χ0v) is 14.4. The van der Waals surface area contributed by atoms with E-state index in [4.69, 9.17) is 4.74 Å². The van der Waals surface area contributed by atoms with Gasteiger partial charge in [-0.25, -0.2) is 4.98 Å². The summed E-state index contributed by atoms with van der Waals surface area (Å²) in [5, 5.41) is 10.3. The van der Waals surface area contributed by atoms with E-state index in [1.54, 1.807) is 7.11 Å². The van der Waals surface area contributed by atoms with Gasteiger partial charge >= 0.3 is 0 Å². The number of ether oxygens (including phenoxy) is 1. The molecule has 7 heteroatoms. The van der Waals surface area contributed by atoms with E-state index in [2.05, 4.69) is 20.5 Å². The Bertz CT molecular complexity index is 627. The van der Waals surface area contributed by atoms with Crippen LogP contribution in [0.5, 0.6) is 0 Å². The molecule has 0 saturated heterocycles. The number of hydrogen-bond donors (Lipinski definition) is 2. The molecule has 2 rings (SSSR count). The van der Waals surface area contributed by atoms with Crippen LogP contribution in [-0.4, -0.2) is 46.6 Å². The molecule has 1 heterocycles. The van der Waals surface area contributed by atoms with Gasteiger partial charge in [0.15, 0.2) is 5.82 Å². The van der Waals surface area contributed by atoms with Gasteiger partial charge in [0.05, 0.1) is 5.25 Å². The molecule has 0 radical (unpaired) electrons. The third-order valence-corrected chi connectivity index (χ3v) is 4.23. The van der Waals surface area contributed by atoms with Crippen LogP contribution in [0, 0.1) is 6.92 Å². The first kappa shape index (κ1) is 17.5. The van der Waals surface area contributed by atoms with Gasteiger partial charge in [-0.3, -0.25) is 9.89 Å². The molecule has 1 aromatic heterocycles. The van der Waals surface area contributed by atoms with Crippen LogP contribution in [0.4, 0.5) is 0 Å². The van der Waals surface area contributed by atoms with Crippen molar-refractivity contribution < 1.29 is 9.53 Å². The molecule has 23 heavy (non-hydrogen) atoms. The number of H-pyrrole nitrogens is 1. The second-order valence-electron chi connectivity index (χ2n) is 5.23. The Kier molecular flexibility index (Phi) is 6.61. The topological polar surface area (TPSA) is 79.9 Å². The van der Waals surface area contributed by atoms with Crippen molar-refractivity contribution >= 4 is 17.7 Å². The molecule has 0 fully saturated rings. The Morgan fingerprint density at radius 1 is 1.39 bits per heavy atom. The summed E-state index contributed by atoms with van der Waals surface area (Å²) in [7, 11) is 1.65. The zero-order chi connectivity index (χ0) is 16.7. The molecule has 0 spiro atoms. The van der Waals surface area contributed by atoms with Crippen LogP contribution < -0.4 is 5.32 Å². The molecule has 1 atom stereocenters. The molecule has 0 aliphatic rings. The van der Waals surface area contributed by atoms with Crippen molar-refractivity contribution in [2.75, 3.05) is 20.3 Å². The van der Waals surface area contributed by atoms with Crippen molar-refractivity contribution in [3.63, 3.8) is 0 Å². The smallest absolute Gasteiger partial charge is 0.233 e. The van der Waals surface area contributed by atoms with Gasteiger partial charge in [-0.2, -0.15) is 0 Å². The first-order chi connectivity index (χ1) is 11.1. The Balaban J connectivity index is 1.88. The van der Waals surface area contributed by atoms with Crippen molar-refractivity contribution in [3.05, 3.63) is 29.8 Å². The van der Waals surface area contributed by atoms with E-state index in [9.17, 15) is 4.79 Å². The molecule has 1 aromatic carbocycles. The second kappa shape index (κ2) is 8.69. The summed E-state index contributed by atoms with van der Waals surface area (Å²) < 4.78 is 4.95. The van der Waals surface area contributed by atoms with Crippen LogP contribution in [0.3, 0.4) is 0 Å². The molecule has 0 bridgehead atoms. The molecular formula is C16H22N4O2S. The minimum absolute atomic E-state index is 0.0206. The number of carbonyl (C=O) groups is 1. The van der Waals surface area contributed by atoms with E-state index >= 15 is 0 Å². The van der Waals surface area contributed by atoms with Gasteiger partial charge in [0.25, 0.3) is 0 Å². The summed E-state index contributed by atoms with van der Waals surface area (Å²) in [6.07, 6.45) is 0.803. The highest BCUT2D eigenvalue weighted by Gasteiger charge is 2.17. The van der Waals surface area contributed by atoms with E-state index in [1.807, 2.05) is 38.1 Å². The van der Waals surface area contributed by atoms with Gasteiger partial charge in [0.2, 0.25) is 11.1 Å². The van der Waals surface area contributed by atoms with Gasteiger partial charge in [-0.05, 0) is 20.3 Å². The molecule has 124 valence electrons. The highest BCUT2D eigenvalue weighted by molar-refractivity contribution is 8.00. The number of methoxy groups -OCH3 is 1. The van der Waals surface area contributed by atoms with Crippen LogP contribution in [0.1, 0.15) is 18.9 Å². The van der Waals surface area contributed by atoms with Gasteiger partial charge < -0.3 is 10.1 Å². The van der Waals surface area contributed by atoms with Crippen LogP contribution in [-0.2, 0) is 9.53 Å². The number of nitrogens with one attached hydrogen (secondary N) is 2. The minimum atomic E-state index is -0.251. The van der Waals surface area contributed by atoms with Crippen LogP contribution >= 0.6 is 11.8 Å². The largest absolute Gasteiger partial charge is 0.385 e. The number of hydrogen-bond acceptors (Lipinski definition) is 5. The highest BCUT2D eigenvalue weighted by atomic mass is 32.2. The molecular weight excluding hydrogens is 312 g/mol. The molecule has 1 unspecified atom stereocenters. The zero-order valence-electron chi connectivity index (χ0n) is 13.6. The number of aromatic amines is 1. The van der Waals surface area contributed by atoms with E-state index < -0.39 is 0 Å². The number of carbonyl (C=O) groups excluding carboxylic acids is 1. The van der Waals surface area contributed by atoms with Crippen molar-refractivity contribution in [2.24, 2.45) is 0 Å². The quantitative estimate of drug-likeness (QED) is 0.572. The molecule has 6 nitrogen and oxygen atoms in total.